The van der Waals surface area contributed by atoms with E-state index in [1.807, 2.05) is 19.1 Å². The molecular formula is C12H14KNO2. The first kappa shape index (κ1) is 15.8. The molecule has 1 aromatic rings. The van der Waals surface area contributed by atoms with Crippen molar-refractivity contribution in [3.63, 3.8) is 0 Å². The first-order chi connectivity index (χ1) is 7.10. The van der Waals surface area contributed by atoms with Crippen molar-refractivity contribution in [2.24, 2.45) is 0 Å². The van der Waals surface area contributed by atoms with Gasteiger partial charge in [-0.15, -0.1) is 0 Å². The van der Waals surface area contributed by atoms with Crippen LogP contribution in [-0.4, -0.2) is 64.3 Å². The van der Waals surface area contributed by atoms with Crippen molar-refractivity contribution in [3.05, 3.63) is 29.3 Å². The minimum absolute atomic E-state index is 0. The Labute approximate surface area is 138 Å². The number of hydrogen-bond acceptors (Lipinski definition) is 3. The molecule has 0 spiro atoms. The van der Waals surface area contributed by atoms with Crippen LogP contribution in [0.15, 0.2) is 18.2 Å². The van der Waals surface area contributed by atoms with E-state index in [0.717, 1.165) is 16.9 Å². The predicted octanol–water partition coefficient (Wildman–Crippen LogP) is 1.55. The number of rotatable bonds is 3. The third kappa shape index (κ3) is 3.69. The summed E-state index contributed by atoms with van der Waals surface area (Å²) in [5, 5.41) is 8.90. The number of carbonyl (C=O) groups excluding carboxylic acids is 1. The molecule has 4 heteroatoms. The minimum atomic E-state index is -0.670. The molecule has 3 nitrogen and oxygen atoms in total. The second-order valence-electron chi connectivity index (χ2n) is 3.40. The number of Topliss-reactive ketones (excluding diaryl/α,β-unsaturated/α-hetero) is 1. The molecule has 0 N–H and O–H groups in total. The van der Waals surface area contributed by atoms with Crippen LogP contribution in [0, 0.1) is 18.3 Å². The Hall–Kier alpha value is -0.184. The van der Waals surface area contributed by atoms with E-state index in [4.69, 9.17) is 10.00 Å². The Morgan fingerprint density at radius 1 is 1.50 bits per heavy atom. The van der Waals surface area contributed by atoms with E-state index >= 15 is 0 Å². The molecule has 0 aliphatic rings. The molecule has 0 aliphatic carbocycles. The zero-order valence-electron chi connectivity index (χ0n) is 9.07. The van der Waals surface area contributed by atoms with Crippen molar-refractivity contribution >= 4 is 57.2 Å². The van der Waals surface area contributed by atoms with Gasteiger partial charge in [-0.25, -0.2) is 0 Å². The number of methoxy groups -OCH3 is 1. The zero-order valence-corrected chi connectivity index (χ0v) is 9.07. The fourth-order valence-electron chi connectivity index (χ4n) is 1.48. The van der Waals surface area contributed by atoms with Crippen molar-refractivity contribution in [2.45, 2.75) is 19.8 Å². The van der Waals surface area contributed by atoms with Crippen LogP contribution in [0.25, 0.3) is 0 Å². The Morgan fingerprint density at radius 3 is 2.50 bits per heavy atom. The molecule has 0 amide bonds. The average Bonchev–Trinajstić information content (AvgIpc) is 2.20. The molecule has 0 radical (unpaired) electrons. The van der Waals surface area contributed by atoms with Crippen LogP contribution in [0.4, 0.5) is 0 Å². The number of aryl methyl sites for hydroxylation is 1. The maximum atomic E-state index is 11.2. The molecule has 1 aromatic carbocycles. The van der Waals surface area contributed by atoms with Gasteiger partial charge in [0.05, 0.1) is 13.2 Å². The van der Waals surface area contributed by atoms with Crippen LogP contribution in [-0.2, 0) is 4.79 Å². The van der Waals surface area contributed by atoms with E-state index in [9.17, 15) is 4.79 Å². The number of ketones is 1. The fourth-order valence-corrected chi connectivity index (χ4v) is 1.48. The molecule has 1 atom stereocenters. The monoisotopic (exact) mass is 243 g/mol. The fraction of sp³-hybridized carbons (Fsp3) is 0.333. The standard InChI is InChI=1S/C12H13NO2.K.H/c1-8-6-10(15-3)4-5-11(8)12(7-13)9(2)14;;/h4-6,12H,1-3H3;;. The zero-order chi connectivity index (χ0) is 11.4. The molecule has 1 rings (SSSR count). The number of hydrogen-bond donors (Lipinski definition) is 0. The van der Waals surface area contributed by atoms with Gasteiger partial charge in [0, 0.05) is 0 Å². The van der Waals surface area contributed by atoms with E-state index in [2.05, 4.69) is 0 Å². The molecule has 1 unspecified atom stereocenters. The molecule has 0 aliphatic heterocycles. The second-order valence-corrected chi connectivity index (χ2v) is 3.40. The predicted molar refractivity (Wildman–Crippen MR) is 63.9 cm³/mol. The third-order valence-corrected chi connectivity index (χ3v) is 2.32. The van der Waals surface area contributed by atoms with E-state index in [1.165, 1.54) is 6.92 Å². The normalized spacial score (nSPS) is 10.9. The summed E-state index contributed by atoms with van der Waals surface area (Å²) in [4.78, 5) is 11.2. The van der Waals surface area contributed by atoms with Gasteiger partial charge in [-0.1, -0.05) is 6.07 Å². The van der Waals surface area contributed by atoms with E-state index in [0.29, 0.717) is 0 Å². The van der Waals surface area contributed by atoms with Crippen molar-refractivity contribution in [2.75, 3.05) is 7.11 Å². The Kier molecular flexibility index (Phi) is 7.12. The van der Waals surface area contributed by atoms with Gasteiger partial charge in [0.1, 0.15) is 11.7 Å². The number of ether oxygens (including phenoxy) is 1. The van der Waals surface area contributed by atoms with Gasteiger partial charge in [0.25, 0.3) is 0 Å². The van der Waals surface area contributed by atoms with Gasteiger partial charge < -0.3 is 4.74 Å². The molecule has 80 valence electrons. The molecular weight excluding hydrogens is 229 g/mol. The van der Waals surface area contributed by atoms with Crippen LogP contribution >= 0.6 is 0 Å². The summed E-state index contributed by atoms with van der Waals surface area (Å²) in [6.45, 7) is 3.29. The Balaban J connectivity index is 0.00000225. The van der Waals surface area contributed by atoms with Gasteiger partial charge in [-0.3, -0.25) is 4.79 Å². The van der Waals surface area contributed by atoms with Gasteiger partial charge in [0.15, 0.2) is 5.78 Å². The summed E-state index contributed by atoms with van der Waals surface area (Å²) < 4.78 is 5.06. The molecule has 0 aromatic heterocycles. The SMILES string of the molecule is COc1ccc(C(C#N)C(C)=O)c(C)c1.[KH]. The van der Waals surface area contributed by atoms with E-state index in [1.54, 1.807) is 19.2 Å². The molecule has 0 bridgehead atoms. The summed E-state index contributed by atoms with van der Waals surface area (Å²) in [5.41, 5.74) is 1.65. The molecule has 0 saturated heterocycles. The summed E-state index contributed by atoms with van der Waals surface area (Å²) in [5.74, 6) is -0.0711. The van der Waals surface area contributed by atoms with Crippen LogP contribution < -0.4 is 4.74 Å². The number of nitriles is 1. The van der Waals surface area contributed by atoms with Crippen LogP contribution in [0.3, 0.4) is 0 Å². The van der Waals surface area contributed by atoms with Crippen molar-refractivity contribution in [3.8, 4) is 11.8 Å². The van der Waals surface area contributed by atoms with E-state index < -0.39 is 5.92 Å². The topological polar surface area (TPSA) is 50.1 Å². The average molecular weight is 243 g/mol. The van der Waals surface area contributed by atoms with Gasteiger partial charge in [0.2, 0.25) is 0 Å². The summed E-state index contributed by atoms with van der Waals surface area (Å²) >= 11 is 0. The van der Waals surface area contributed by atoms with Crippen molar-refractivity contribution in [1.29, 1.82) is 5.26 Å². The first-order valence-electron chi connectivity index (χ1n) is 4.64. The summed E-state index contributed by atoms with van der Waals surface area (Å²) in [7, 11) is 1.58. The Bertz CT molecular complexity index is 424. The quantitative estimate of drug-likeness (QED) is 0.757. The van der Waals surface area contributed by atoms with Crippen molar-refractivity contribution in [1.82, 2.24) is 0 Å². The Morgan fingerprint density at radius 2 is 2.12 bits per heavy atom. The summed E-state index contributed by atoms with van der Waals surface area (Å²) in [6.07, 6.45) is 0. The van der Waals surface area contributed by atoms with Crippen LogP contribution in [0.5, 0.6) is 5.75 Å². The van der Waals surface area contributed by atoms with Gasteiger partial charge in [-0.05, 0) is 37.1 Å². The number of nitrogens with zero attached hydrogens (tertiary/aromatic N) is 1. The number of carbonyl (C=O) groups is 1. The maximum absolute atomic E-state index is 11.2. The summed E-state index contributed by atoms with van der Waals surface area (Å²) in [6, 6.07) is 7.35. The molecule has 0 saturated carbocycles. The van der Waals surface area contributed by atoms with Gasteiger partial charge in [-0.2, -0.15) is 5.26 Å². The molecule has 0 heterocycles. The molecule has 0 fully saturated rings. The van der Waals surface area contributed by atoms with Gasteiger partial charge >= 0.3 is 51.4 Å². The van der Waals surface area contributed by atoms with Crippen molar-refractivity contribution < 1.29 is 9.53 Å². The van der Waals surface area contributed by atoms with Crippen LogP contribution in [0.1, 0.15) is 24.0 Å². The third-order valence-electron chi connectivity index (χ3n) is 2.32. The molecule has 16 heavy (non-hydrogen) atoms. The second kappa shape index (κ2) is 7.20. The van der Waals surface area contributed by atoms with Crippen LogP contribution in [0.2, 0.25) is 0 Å². The first-order valence-corrected chi connectivity index (χ1v) is 4.64. The number of benzene rings is 1. The van der Waals surface area contributed by atoms with E-state index in [-0.39, 0.29) is 57.2 Å².